The molecule has 98 valence electrons. The van der Waals surface area contributed by atoms with Crippen LogP contribution in [0.25, 0.3) is 0 Å². The summed E-state index contributed by atoms with van der Waals surface area (Å²) in [7, 11) is 0. The zero-order valence-corrected chi connectivity index (χ0v) is 10.7. The summed E-state index contributed by atoms with van der Waals surface area (Å²) in [6.07, 6.45) is 0.364. The van der Waals surface area contributed by atoms with E-state index in [-0.39, 0.29) is 18.7 Å². The summed E-state index contributed by atoms with van der Waals surface area (Å²) in [5.41, 5.74) is 11.6. The average Bonchev–Trinajstić information content (AvgIpc) is 2.18. The lowest BCUT2D eigenvalue weighted by molar-refractivity contribution is -0.123. The van der Waals surface area contributed by atoms with E-state index in [1.165, 1.54) is 0 Å². The van der Waals surface area contributed by atoms with Crippen molar-refractivity contribution >= 4 is 17.5 Å². The molecule has 0 fully saturated rings. The van der Waals surface area contributed by atoms with E-state index in [1.54, 1.807) is 38.1 Å². The van der Waals surface area contributed by atoms with Crippen molar-refractivity contribution in [1.82, 2.24) is 5.32 Å². The molecule has 5 heteroatoms. The second-order valence-electron chi connectivity index (χ2n) is 4.99. The van der Waals surface area contributed by atoms with E-state index in [9.17, 15) is 9.59 Å². The molecule has 0 radical (unpaired) electrons. The van der Waals surface area contributed by atoms with Gasteiger partial charge in [0.1, 0.15) is 0 Å². The van der Waals surface area contributed by atoms with Crippen LogP contribution in [0.2, 0.25) is 0 Å². The Labute approximate surface area is 107 Å². The van der Waals surface area contributed by atoms with Gasteiger partial charge in [0.25, 0.3) is 0 Å². The van der Waals surface area contributed by atoms with Gasteiger partial charge in [-0.15, -0.1) is 0 Å². The number of primary amides is 1. The van der Waals surface area contributed by atoms with Crippen LogP contribution in [0.3, 0.4) is 0 Å². The zero-order chi connectivity index (χ0) is 13.8. The number of hydrogen-bond acceptors (Lipinski definition) is 3. The number of nitrogen functional groups attached to an aromatic ring is 1. The van der Waals surface area contributed by atoms with E-state index in [2.05, 4.69) is 5.32 Å². The van der Waals surface area contributed by atoms with Gasteiger partial charge in [0.2, 0.25) is 11.8 Å². The molecule has 5 nitrogen and oxygen atoms in total. The Morgan fingerprint density at radius 1 is 1.22 bits per heavy atom. The van der Waals surface area contributed by atoms with E-state index in [4.69, 9.17) is 11.5 Å². The Morgan fingerprint density at radius 3 is 2.28 bits per heavy atom. The second kappa shape index (κ2) is 5.53. The predicted octanol–water partition coefficient (Wildman–Crippen LogP) is 0.582. The van der Waals surface area contributed by atoms with Crippen LogP contribution < -0.4 is 16.8 Å². The maximum absolute atomic E-state index is 11.8. The number of amides is 2. The largest absolute Gasteiger partial charge is 0.399 e. The predicted molar refractivity (Wildman–Crippen MR) is 70.6 cm³/mol. The highest BCUT2D eigenvalue weighted by Gasteiger charge is 2.22. The number of carbonyl (C=O) groups is 2. The number of benzene rings is 1. The van der Waals surface area contributed by atoms with Crippen LogP contribution in [0.5, 0.6) is 0 Å². The molecule has 0 aliphatic rings. The third-order valence-electron chi connectivity index (χ3n) is 2.44. The quantitative estimate of drug-likeness (QED) is 0.666. The number of anilines is 1. The van der Waals surface area contributed by atoms with Gasteiger partial charge < -0.3 is 16.8 Å². The van der Waals surface area contributed by atoms with Crippen LogP contribution in [-0.4, -0.2) is 17.4 Å². The first-order valence-electron chi connectivity index (χ1n) is 5.72. The van der Waals surface area contributed by atoms with Crippen LogP contribution in [0, 0.1) is 0 Å². The van der Waals surface area contributed by atoms with Crippen molar-refractivity contribution in [2.75, 3.05) is 5.73 Å². The van der Waals surface area contributed by atoms with E-state index >= 15 is 0 Å². The van der Waals surface area contributed by atoms with Crippen LogP contribution in [-0.2, 0) is 16.0 Å². The molecule has 0 saturated carbocycles. The van der Waals surface area contributed by atoms with Crippen molar-refractivity contribution in [3.63, 3.8) is 0 Å². The fourth-order valence-corrected chi connectivity index (χ4v) is 1.72. The Kier molecular flexibility index (Phi) is 4.31. The van der Waals surface area contributed by atoms with Crippen molar-refractivity contribution in [3.8, 4) is 0 Å². The standard InChI is InChI=1S/C13H19N3O2/c1-13(2,8-11(15)17)16-12(18)7-9-3-5-10(14)6-4-9/h3-6H,7-8,14H2,1-2H3,(H2,15,17)(H,16,18). The first-order valence-corrected chi connectivity index (χ1v) is 5.72. The lowest BCUT2D eigenvalue weighted by atomic mass is 9.99. The Balaban J connectivity index is 2.56. The monoisotopic (exact) mass is 249 g/mol. The van der Waals surface area contributed by atoms with Gasteiger partial charge in [-0.25, -0.2) is 0 Å². The zero-order valence-electron chi connectivity index (χ0n) is 10.7. The van der Waals surface area contributed by atoms with Gasteiger partial charge in [-0.3, -0.25) is 9.59 Å². The first-order chi connectivity index (χ1) is 8.28. The van der Waals surface area contributed by atoms with Crippen LogP contribution >= 0.6 is 0 Å². The number of nitrogens with two attached hydrogens (primary N) is 2. The molecule has 18 heavy (non-hydrogen) atoms. The minimum absolute atomic E-state index is 0.112. The third-order valence-corrected chi connectivity index (χ3v) is 2.44. The molecule has 0 atom stereocenters. The van der Waals surface area contributed by atoms with Crippen molar-refractivity contribution in [1.29, 1.82) is 0 Å². The fourth-order valence-electron chi connectivity index (χ4n) is 1.72. The molecule has 0 bridgehead atoms. The Bertz CT molecular complexity index is 438. The summed E-state index contributed by atoms with van der Waals surface area (Å²) >= 11 is 0. The van der Waals surface area contributed by atoms with Gasteiger partial charge in [0, 0.05) is 17.6 Å². The maximum atomic E-state index is 11.8. The molecule has 0 saturated heterocycles. The van der Waals surface area contributed by atoms with Gasteiger partial charge in [-0.05, 0) is 31.5 Å². The lowest BCUT2D eigenvalue weighted by Gasteiger charge is -2.24. The van der Waals surface area contributed by atoms with Gasteiger partial charge in [0.05, 0.1) is 6.42 Å². The Morgan fingerprint density at radius 2 is 1.78 bits per heavy atom. The normalized spacial score (nSPS) is 11.0. The number of hydrogen-bond donors (Lipinski definition) is 3. The summed E-state index contributed by atoms with van der Waals surface area (Å²) in [5.74, 6) is -0.584. The topological polar surface area (TPSA) is 98.2 Å². The van der Waals surface area contributed by atoms with Gasteiger partial charge in [-0.2, -0.15) is 0 Å². The average molecular weight is 249 g/mol. The van der Waals surface area contributed by atoms with Crippen LogP contribution in [0.1, 0.15) is 25.8 Å². The molecule has 1 aromatic carbocycles. The molecule has 5 N–H and O–H groups in total. The third kappa shape index (κ3) is 4.86. The smallest absolute Gasteiger partial charge is 0.224 e. The lowest BCUT2D eigenvalue weighted by Crippen LogP contribution is -2.46. The molecule has 2 amide bonds. The van der Waals surface area contributed by atoms with Gasteiger partial charge in [0.15, 0.2) is 0 Å². The SMILES string of the molecule is CC(C)(CC(N)=O)NC(=O)Cc1ccc(N)cc1. The minimum Gasteiger partial charge on any atom is -0.399 e. The number of nitrogens with one attached hydrogen (secondary N) is 1. The summed E-state index contributed by atoms with van der Waals surface area (Å²) in [5, 5.41) is 2.78. The fraction of sp³-hybridized carbons (Fsp3) is 0.385. The van der Waals surface area contributed by atoms with Crippen LogP contribution in [0.4, 0.5) is 5.69 Å². The number of carbonyl (C=O) groups excluding carboxylic acids is 2. The highest BCUT2D eigenvalue weighted by molar-refractivity contribution is 5.81. The molecule has 1 rings (SSSR count). The van der Waals surface area contributed by atoms with Crippen molar-refractivity contribution in [2.24, 2.45) is 5.73 Å². The van der Waals surface area contributed by atoms with Crippen molar-refractivity contribution < 1.29 is 9.59 Å². The van der Waals surface area contributed by atoms with Gasteiger partial charge >= 0.3 is 0 Å². The van der Waals surface area contributed by atoms with Crippen molar-refractivity contribution in [3.05, 3.63) is 29.8 Å². The van der Waals surface area contributed by atoms with E-state index in [0.717, 1.165) is 5.56 Å². The summed E-state index contributed by atoms with van der Waals surface area (Å²) < 4.78 is 0. The highest BCUT2D eigenvalue weighted by atomic mass is 16.2. The number of rotatable bonds is 5. The molecule has 0 spiro atoms. The summed E-state index contributed by atoms with van der Waals surface area (Å²) in [4.78, 5) is 22.6. The minimum atomic E-state index is -0.628. The Hall–Kier alpha value is -2.04. The molecule has 1 aromatic rings. The molecule has 0 heterocycles. The molecule has 0 aliphatic carbocycles. The molecular weight excluding hydrogens is 230 g/mol. The van der Waals surface area contributed by atoms with Crippen molar-refractivity contribution in [2.45, 2.75) is 32.2 Å². The van der Waals surface area contributed by atoms with E-state index in [0.29, 0.717) is 5.69 Å². The van der Waals surface area contributed by atoms with Crippen LogP contribution in [0.15, 0.2) is 24.3 Å². The molecule has 0 aliphatic heterocycles. The molecule has 0 unspecified atom stereocenters. The van der Waals surface area contributed by atoms with Gasteiger partial charge in [-0.1, -0.05) is 12.1 Å². The summed E-state index contributed by atoms with van der Waals surface area (Å²) in [6, 6.07) is 7.10. The first kappa shape index (κ1) is 14.0. The second-order valence-corrected chi connectivity index (χ2v) is 4.99. The molecular formula is C13H19N3O2. The van der Waals surface area contributed by atoms with E-state index < -0.39 is 11.4 Å². The maximum Gasteiger partial charge on any atom is 0.224 e. The van der Waals surface area contributed by atoms with E-state index in [1.807, 2.05) is 0 Å². The molecule has 0 aromatic heterocycles. The highest BCUT2D eigenvalue weighted by Crippen LogP contribution is 2.10. The summed E-state index contributed by atoms with van der Waals surface area (Å²) in [6.45, 7) is 3.53.